The summed E-state index contributed by atoms with van der Waals surface area (Å²) in [6.45, 7) is 0. The van der Waals surface area contributed by atoms with Gasteiger partial charge >= 0.3 is 0 Å². The summed E-state index contributed by atoms with van der Waals surface area (Å²) >= 11 is 0. The maximum Gasteiger partial charge on any atom is 0.106 e. The first-order chi connectivity index (χ1) is 4.83. The van der Waals surface area contributed by atoms with E-state index >= 15 is 0 Å². The van der Waals surface area contributed by atoms with Crippen molar-refractivity contribution in [1.29, 1.82) is 0 Å². The molecule has 0 radical (unpaired) electrons. The molecule has 0 aromatic carbocycles. The highest BCUT2D eigenvalue weighted by Crippen LogP contribution is 2.32. The molecule has 3 nitrogen and oxygen atoms in total. The maximum absolute atomic E-state index is 5.25. The maximum atomic E-state index is 5.25. The van der Waals surface area contributed by atoms with Crippen molar-refractivity contribution < 1.29 is 9.57 Å². The zero-order chi connectivity index (χ0) is 7.45. The first kappa shape index (κ1) is 7.54. The first-order valence-electron chi connectivity index (χ1n) is 3.46. The van der Waals surface area contributed by atoms with Crippen molar-refractivity contribution in [1.82, 2.24) is 0 Å². The highest BCUT2D eigenvalue weighted by atomic mass is 16.6. The van der Waals surface area contributed by atoms with E-state index in [1.165, 1.54) is 6.42 Å². The van der Waals surface area contributed by atoms with Crippen LogP contribution in [-0.4, -0.2) is 26.0 Å². The van der Waals surface area contributed by atoms with Crippen LogP contribution in [0.2, 0.25) is 0 Å². The summed E-state index contributed by atoms with van der Waals surface area (Å²) in [4.78, 5) is 4.56. The predicted octanol–water partition coefficient (Wildman–Crippen LogP) is 1.19. The molecule has 0 N–H and O–H groups in total. The van der Waals surface area contributed by atoms with Crippen LogP contribution in [0.3, 0.4) is 0 Å². The van der Waals surface area contributed by atoms with Crippen LogP contribution in [-0.2, 0) is 9.57 Å². The van der Waals surface area contributed by atoms with Gasteiger partial charge in [-0.3, -0.25) is 0 Å². The fourth-order valence-corrected chi connectivity index (χ4v) is 1.06. The van der Waals surface area contributed by atoms with Crippen LogP contribution in [0.4, 0.5) is 0 Å². The Morgan fingerprint density at radius 1 is 1.40 bits per heavy atom. The largest absolute Gasteiger partial charge is 0.399 e. The number of methoxy groups -OCH3 is 1. The predicted molar refractivity (Wildman–Crippen MR) is 39.1 cm³/mol. The minimum atomic E-state index is -0.101. The quantitative estimate of drug-likeness (QED) is 0.439. The van der Waals surface area contributed by atoms with Gasteiger partial charge in [0.15, 0.2) is 0 Å². The molecule has 0 bridgehead atoms. The molecule has 0 saturated heterocycles. The van der Waals surface area contributed by atoms with Crippen LogP contribution < -0.4 is 0 Å². The van der Waals surface area contributed by atoms with Gasteiger partial charge in [-0.25, -0.2) is 0 Å². The molecule has 0 spiro atoms. The van der Waals surface area contributed by atoms with Gasteiger partial charge in [0, 0.05) is 7.11 Å². The molecule has 0 aromatic heterocycles. The lowest BCUT2D eigenvalue weighted by Crippen LogP contribution is -2.40. The molecule has 1 fully saturated rings. The zero-order valence-corrected chi connectivity index (χ0v) is 6.46. The van der Waals surface area contributed by atoms with E-state index in [2.05, 4.69) is 9.99 Å². The Labute approximate surface area is 61.0 Å². The van der Waals surface area contributed by atoms with Gasteiger partial charge in [-0.2, -0.15) is 0 Å². The van der Waals surface area contributed by atoms with Gasteiger partial charge in [-0.1, -0.05) is 5.16 Å². The van der Waals surface area contributed by atoms with E-state index in [0.717, 1.165) is 12.8 Å². The number of ether oxygens (including phenoxy) is 1. The highest BCUT2D eigenvalue weighted by Gasteiger charge is 2.35. The lowest BCUT2D eigenvalue weighted by atomic mass is 9.81. The molecule has 10 heavy (non-hydrogen) atoms. The summed E-state index contributed by atoms with van der Waals surface area (Å²) in [5, 5.41) is 3.69. The normalized spacial score (nSPS) is 22.6. The Kier molecular flexibility index (Phi) is 2.27. The van der Waals surface area contributed by atoms with Crippen molar-refractivity contribution in [2.45, 2.75) is 24.9 Å². The number of nitrogens with zero attached hydrogens (tertiary/aromatic N) is 1. The molecule has 58 valence electrons. The van der Waals surface area contributed by atoms with Gasteiger partial charge < -0.3 is 9.57 Å². The molecule has 3 heteroatoms. The Bertz CT molecular complexity index is 124. The minimum absolute atomic E-state index is 0.101. The molecular weight excluding hydrogens is 130 g/mol. The van der Waals surface area contributed by atoms with E-state index in [1.807, 2.05) is 0 Å². The molecule has 1 saturated carbocycles. The molecule has 0 aliphatic heterocycles. The van der Waals surface area contributed by atoms with Crippen molar-refractivity contribution >= 4 is 6.21 Å². The molecule has 1 aliphatic carbocycles. The van der Waals surface area contributed by atoms with Crippen LogP contribution in [0.15, 0.2) is 5.16 Å². The number of oxime groups is 1. The third-order valence-electron chi connectivity index (χ3n) is 2.00. The van der Waals surface area contributed by atoms with Crippen LogP contribution in [0.25, 0.3) is 0 Å². The summed E-state index contributed by atoms with van der Waals surface area (Å²) < 4.78 is 5.25. The fourth-order valence-electron chi connectivity index (χ4n) is 1.06. The fraction of sp³-hybridized carbons (Fsp3) is 0.857. The Morgan fingerprint density at radius 2 is 2.10 bits per heavy atom. The molecule has 0 unspecified atom stereocenters. The minimum Gasteiger partial charge on any atom is -0.399 e. The van der Waals surface area contributed by atoms with E-state index in [0.29, 0.717) is 0 Å². The Hall–Kier alpha value is -0.570. The zero-order valence-electron chi connectivity index (χ0n) is 6.46. The van der Waals surface area contributed by atoms with Crippen LogP contribution >= 0.6 is 0 Å². The number of hydrogen-bond acceptors (Lipinski definition) is 3. The SMILES string of the molecule is CO/N=C/C1(OC)CCC1. The summed E-state index contributed by atoms with van der Waals surface area (Å²) in [6.07, 6.45) is 5.10. The van der Waals surface area contributed by atoms with Crippen LogP contribution in [0.1, 0.15) is 19.3 Å². The van der Waals surface area contributed by atoms with Crippen LogP contribution in [0.5, 0.6) is 0 Å². The second-order valence-electron chi connectivity index (χ2n) is 2.54. The third-order valence-corrected chi connectivity index (χ3v) is 2.00. The van der Waals surface area contributed by atoms with E-state index < -0.39 is 0 Å². The van der Waals surface area contributed by atoms with Crippen molar-refractivity contribution in [3.05, 3.63) is 0 Å². The van der Waals surface area contributed by atoms with E-state index in [-0.39, 0.29) is 5.60 Å². The van der Waals surface area contributed by atoms with Gasteiger partial charge in [0.05, 0.1) is 6.21 Å². The average molecular weight is 143 g/mol. The van der Waals surface area contributed by atoms with Crippen LogP contribution in [0, 0.1) is 0 Å². The second-order valence-corrected chi connectivity index (χ2v) is 2.54. The van der Waals surface area contributed by atoms with Crippen molar-refractivity contribution in [2.24, 2.45) is 5.16 Å². The molecule has 0 heterocycles. The lowest BCUT2D eigenvalue weighted by Gasteiger charge is -2.36. The molecular formula is C7H13NO2. The number of hydrogen-bond donors (Lipinski definition) is 0. The third kappa shape index (κ3) is 1.29. The number of rotatable bonds is 3. The Morgan fingerprint density at radius 3 is 2.40 bits per heavy atom. The van der Waals surface area contributed by atoms with Crippen molar-refractivity contribution in [3.8, 4) is 0 Å². The van der Waals surface area contributed by atoms with Gasteiger partial charge in [-0.05, 0) is 19.3 Å². The average Bonchev–Trinajstić information content (AvgIpc) is 1.87. The van der Waals surface area contributed by atoms with Gasteiger partial charge in [0.2, 0.25) is 0 Å². The van der Waals surface area contributed by atoms with Gasteiger partial charge in [-0.15, -0.1) is 0 Å². The van der Waals surface area contributed by atoms with Crippen molar-refractivity contribution in [2.75, 3.05) is 14.2 Å². The summed E-state index contributed by atoms with van der Waals surface area (Å²) in [5.74, 6) is 0. The topological polar surface area (TPSA) is 30.8 Å². The lowest BCUT2D eigenvalue weighted by molar-refractivity contribution is -0.0107. The second kappa shape index (κ2) is 3.01. The van der Waals surface area contributed by atoms with E-state index in [4.69, 9.17) is 4.74 Å². The van der Waals surface area contributed by atoms with Gasteiger partial charge in [0.1, 0.15) is 12.7 Å². The molecule has 0 atom stereocenters. The molecule has 0 aromatic rings. The highest BCUT2D eigenvalue weighted by molar-refractivity contribution is 5.69. The first-order valence-corrected chi connectivity index (χ1v) is 3.46. The molecule has 1 aliphatic rings. The van der Waals surface area contributed by atoms with E-state index in [1.54, 1.807) is 20.4 Å². The molecule has 1 rings (SSSR count). The standard InChI is InChI=1S/C7H13NO2/c1-9-7(4-3-5-7)6-8-10-2/h6H,3-5H2,1-2H3/b8-6+. The molecule has 0 amide bonds. The smallest absolute Gasteiger partial charge is 0.106 e. The summed E-state index contributed by atoms with van der Waals surface area (Å²) in [5.41, 5.74) is -0.101. The van der Waals surface area contributed by atoms with Crippen molar-refractivity contribution in [3.63, 3.8) is 0 Å². The Balaban J connectivity index is 2.40. The van der Waals surface area contributed by atoms with Gasteiger partial charge in [0.25, 0.3) is 0 Å². The monoisotopic (exact) mass is 143 g/mol. The summed E-state index contributed by atoms with van der Waals surface area (Å²) in [7, 11) is 3.25. The van der Waals surface area contributed by atoms with E-state index in [9.17, 15) is 0 Å². The summed E-state index contributed by atoms with van der Waals surface area (Å²) in [6, 6.07) is 0.